The van der Waals surface area contributed by atoms with E-state index in [0.717, 1.165) is 34.3 Å². The van der Waals surface area contributed by atoms with Gasteiger partial charge in [0, 0.05) is 29.9 Å². The van der Waals surface area contributed by atoms with Gasteiger partial charge in [0.05, 0.1) is 11.4 Å². The van der Waals surface area contributed by atoms with E-state index in [0.29, 0.717) is 17.1 Å². The van der Waals surface area contributed by atoms with Crippen molar-refractivity contribution in [3.05, 3.63) is 41.5 Å². The van der Waals surface area contributed by atoms with Gasteiger partial charge in [0.1, 0.15) is 9.71 Å². The van der Waals surface area contributed by atoms with Gasteiger partial charge in [-0.25, -0.2) is 4.98 Å². The normalized spacial score (nSPS) is 11.2. The molecular weight excluding hydrogens is 452 g/mol. The smallest absolute Gasteiger partial charge is 0.263 e. The molecule has 0 aromatic carbocycles. The molecule has 0 aliphatic heterocycles. The highest BCUT2D eigenvalue weighted by Crippen LogP contribution is 2.34. The molecular formula is C29H42N4OS. The Balaban J connectivity index is 1.28. The maximum absolute atomic E-state index is 12.7. The summed E-state index contributed by atoms with van der Waals surface area (Å²) in [5, 5.41) is 3.88. The Kier molecular flexibility index (Phi) is 12.0. The van der Waals surface area contributed by atoms with Crippen molar-refractivity contribution in [3.8, 4) is 11.3 Å². The molecule has 0 saturated carbocycles. The van der Waals surface area contributed by atoms with E-state index in [-0.39, 0.29) is 5.91 Å². The largest absolute Gasteiger partial charge is 0.397 e. The Morgan fingerprint density at radius 2 is 1.51 bits per heavy atom. The van der Waals surface area contributed by atoms with Gasteiger partial charge < -0.3 is 11.1 Å². The summed E-state index contributed by atoms with van der Waals surface area (Å²) in [6.45, 7) is 2.97. The molecule has 3 aromatic heterocycles. The van der Waals surface area contributed by atoms with Gasteiger partial charge in [-0.1, -0.05) is 90.4 Å². The predicted octanol–water partition coefficient (Wildman–Crippen LogP) is 8.15. The van der Waals surface area contributed by atoms with E-state index in [1.165, 1.54) is 88.4 Å². The zero-order valence-electron chi connectivity index (χ0n) is 21.4. The molecule has 0 spiro atoms. The minimum atomic E-state index is -0.0943. The number of pyridine rings is 2. The molecule has 3 N–H and O–H groups in total. The molecule has 3 aromatic rings. The van der Waals surface area contributed by atoms with Crippen LogP contribution >= 0.6 is 11.3 Å². The van der Waals surface area contributed by atoms with Crippen molar-refractivity contribution in [1.82, 2.24) is 15.3 Å². The molecule has 3 rings (SSSR count). The second kappa shape index (κ2) is 15.5. The monoisotopic (exact) mass is 494 g/mol. The minimum absolute atomic E-state index is 0.0943. The summed E-state index contributed by atoms with van der Waals surface area (Å²) in [7, 11) is 0. The summed E-state index contributed by atoms with van der Waals surface area (Å²) in [4.78, 5) is 22.9. The zero-order chi connectivity index (χ0) is 24.7. The summed E-state index contributed by atoms with van der Waals surface area (Å²) in [6.07, 6.45) is 22.2. The van der Waals surface area contributed by atoms with Crippen LogP contribution in [0.4, 0.5) is 5.69 Å². The van der Waals surface area contributed by atoms with E-state index < -0.39 is 0 Å². The van der Waals surface area contributed by atoms with Gasteiger partial charge in [-0.05, 0) is 30.7 Å². The van der Waals surface area contributed by atoms with Crippen LogP contribution in [-0.4, -0.2) is 22.4 Å². The maximum Gasteiger partial charge on any atom is 0.263 e. The van der Waals surface area contributed by atoms with Crippen molar-refractivity contribution in [2.45, 2.75) is 96.8 Å². The Morgan fingerprint density at radius 1 is 0.886 bits per heavy atom. The first kappa shape index (κ1) is 27.1. The van der Waals surface area contributed by atoms with Crippen LogP contribution in [-0.2, 0) is 0 Å². The topological polar surface area (TPSA) is 80.9 Å². The lowest BCUT2D eigenvalue weighted by molar-refractivity contribution is 0.0958. The molecule has 6 heteroatoms. The number of thiophene rings is 1. The summed E-state index contributed by atoms with van der Waals surface area (Å²) in [6, 6.07) is 7.74. The lowest BCUT2D eigenvalue weighted by Crippen LogP contribution is -2.24. The second-order valence-corrected chi connectivity index (χ2v) is 10.5. The quantitative estimate of drug-likeness (QED) is 0.185. The number of carbonyl (C=O) groups is 1. The van der Waals surface area contributed by atoms with Gasteiger partial charge in [-0.2, -0.15) is 0 Å². The number of fused-ring (bicyclic) bond motifs is 1. The van der Waals surface area contributed by atoms with Crippen molar-refractivity contribution in [3.63, 3.8) is 0 Å². The van der Waals surface area contributed by atoms with E-state index in [1.807, 2.05) is 24.3 Å². The lowest BCUT2D eigenvalue weighted by Gasteiger charge is -2.05. The number of nitrogen functional groups attached to an aromatic ring is 1. The van der Waals surface area contributed by atoms with Crippen molar-refractivity contribution < 1.29 is 4.79 Å². The van der Waals surface area contributed by atoms with Gasteiger partial charge in [-0.3, -0.25) is 9.78 Å². The van der Waals surface area contributed by atoms with Crippen LogP contribution in [0.15, 0.2) is 36.7 Å². The third kappa shape index (κ3) is 8.92. The van der Waals surface area contributed by atoms with Crippen LogP contribution in [0.5, 0.6) is 0 Å². The zero-order valence-corrected chi connectivity index (χ0v) is 22.2. The molecule has 0 unspecified atom stereocenters. The van der Waals surface area contributed by atoms with E-state index in [9.17, 15) is 4.79 Å². The number of hydrogen-bond acceptors (Lipinski definition) is 5. The van der Waals surface area contributed by atoms with Crippen molar-refractivity contribution >= 4 is 33.1 Å². The molecule has 0 bridgehead atoms. The van der Waals surface area contributed by atoms with Crippen LogP contribution in [0, 0.1) is 0 Å². The Hall–Kier alpha value is -2.47. The van der Waals surface area contributed by atoms with Crippen LogP contribution < -0.4 is 11.1 Å². The van der Waals surface area contributed by atoms with Crippen molar-refractivity contribution in [2.75, 3.05) is 12.3 Å². The van der Waals surface area contributed by atoms with Gasteiger partial charge in [-0.15, -0.1) is 11.3 Å². The fourth-order valence-electron chi connectivity index (χ4n) is 4.44. The second-order valence-electron chi connectivity index (χ2n) is 9.49. The minimum Gasteiger partial charge on any atom is -0.397 e. The molecule has 0 fully saturated rings. The fourth-order valence-corrected chi connectivity index (χ4v) is 5.45. The first-order valence-corrected chi connectivity index (χ1v) is 14.4. The Morgan fingerprint density at radius 3 is 2.11 bits per heavy atom. The van der Waals surface area contributed by atoms with Gasteiger partial charge in [0.2, 0.25) is 0 Å². The summed E-state index contributed by atoms with van der Waals surface area (Å²) in [5.74, 6) is -0.0943. The Labute approximate surface area is 215 Å². The highest BCUT2D eigenvalue weighted by atomic mass is 32.1. The maximum atomic E-state index is 12.7. The van der Waals surface area contributed by atoms with E-state index in [1.54, 1.807) is 12.4 Å². The van der Waals surface area contributed by atoms with Crippen LogP contribution in [0.1, 0.15) is 106 Å². The number of aromatic nitrogens is 2. The highest BCUT2D eigenvalue weighted by molar-refractivity contribution is 7.21. The summed E-state index contributed by atoms with van der Waals surface area (Å²) < 4.78 is 0. The number of nitrogens with one attached hydrogen (secondary N) is 1. The standard InChI is InChI=1S/C29H42N4OS/c1-2-3-4-5-6-7-8-9-10-11-12-13-14-15-21-32-28(34)27-26(30)24-18-19-25(33-29(24)35-27)23-17-16-20-31-22-23/h16-20,22H,2-15,21,30H2,1H3,(H,32,34). The number of unbranched alkanes of at least 4 members (excludes halogenated alkanes) is 13. The Bertz CT molecular complexity index is 1020. The number of anilines is 1. The molecule has 190 valence electrons. The van der Waals surface area contributed by atoms with Gasteiger partial charge in [0.15, 0.2) is 0 Å². The third-order valence-corrected chi connectivity index (χ3v) is 7.69. The molecule has 35 heavy (non-hydrogen) atoms. The number of nitrogens with zero attached hydrogens (tertiary/aromatic N) is 2. The third-order valence-electron chi connectivity index (χ3n) is 6.57. The van der Waals surface area contributed by atoms with Crippen LogP contribution in [0.3, 0.4) is 0 Å². The van der Waals surface area contributed by atoms with E-state index >= 15 is 0 Å². The number of nitrogens with two attached hydrogens (primary N) is 1. The average Bonchev–Trinajstić information content (AvgIpc) is 3.22. The molecule has 0 aliphatic rings. The molecule has 0 radical (unpaired) electrons. The molecule has 3 heterocycles. The van der Waals surface area contributed by atoms with Crippen LogP contribution in [0.25, 0.3) is 21.5 Å². The first-order chi connectivity index (χ1) is 17.2. The first-order valence-electron chi connectivity index (χ1n) is 13.6. The van der Waals surface area contributed by atoms with Crippen LogP contribution in [0.2, 0.25) is 0 Å². The molecule has 0 aliphatic carbocycles. The fraction of sp³-hybridized carbons (Fsp3) is 0.552. The number of carbonyl (C=O) groups excluding carboxylic acids is 1. The van der Waals surface area contributed by atoms with E-state index in [4.69, 9.17) is 10.7 Å². The van der Waals surface area contributed by atoms with E-state index in [2.05, 4.69) is 17.2 Å². The summed E-state index contributed by atoms with van der Waals surface area (Å²) in [5.41, 5.74) is 8.59. The number of rotatable bonds is 17. The molecule has 0 atom stereocenters. The average molecular weight is 495 g/mol. The number of hydrogen-bond donors (Lipinski definition) is 2. The van der Waals surface area contributed by atoms with Gasteiger partial charge in [0.25, 0.3) is 5.91 Å². The molecule has 0 saturated heterocycles. The molecule has 5 nitrogen and oxygen atoms in total. The van der Waals surface area contributed by atoms with Crippen molar-refractivity contribution in [2.24, 2.45) is 0 Å². The number of amides is 1. The highest BCUT2D eigenvalue weighted by Gasteiger charge is 2.17. The van der Waals surface area contributed by atoms with Crippen molar-refractivity contribution in [1.29, 1.82) is 0 Å². The predicted molar refractivity (Wildman–Crippen MR) is 150 cm³/mol. The summed E-state index contributed by atoms with van der Waals surface area (Å²) >= 11 is 1.36. The van der Waals surface area contributed by atoms with Gasteiger partial charge >= 0.3 is 0 Å². The molecule has 1 amide bonds. The SMILES string of the molecule is CCCCCCCCCCCCCCCCNC(=O)c1sc2nc(-c3cccnc3)ccc2c1N. The lowest BCUT2D eigenvalue weighted by atomic mass is 10.0.